The number of carbonyl (C=O) groups is 2. The zero-order chi connectivity index (χ0) is 14.7. The largest absolute Gasteiger partial charge is 0.487 e. The first-order valence-electron chi connectivity index (χ1n) is 5.83. The molecule has 104 valence electrons. The van der Waals surface area contributed by atoms with Crippen LogP contribution in [0.15, 0.2) is 30.3 Å². The van der Waals surface area contributed by atoms with Gasteiger partial charge in [0.2, 0.25) is 5.91 Å². The summed E-state index contributed by atoms with van der Waals surface area (Å²) in [6, 6.07) is 8.47. The van der Waals surface area contributed by atoms with E-state index < -0.39 is 11.9 Å². The highest BCUT2D eigenvalue weighted by Crippen LogP contribution is 2.29. The molecule has 0 saturated carbocycles. The molecule has 0 unspecified atom stereocenters. The van der Waals surface area contributed by atoms with Gasteiger partial charge in [-0.05, 0) is 19.1 Å². The molecule has 0 atom stereocenters. The van der Waals surface area contributed by atoms with E-state index in [1.165, 1.54) is 0 Å². The quantitative estimate of drug-likeness (QED) is 0.885. The minimum Gasteiger partial charge on any atom is -0.487 e. The second kappa shape index (κ2) is 5.75. The van der Waals surface area contributed by atoms with Crippen LogP contribution in [-0.4, -0.2) is 17.0 Å². The van der Waals surface area contributed by atoms with Gasteiger partial charge >= 0.3 is 5.97 Å². The average Bonchev–Trinajstić information content (AvgIpc) is 2.78. The number of hydrogen-bond acceptors (Lipinski definition) is 4. The summed E-state index contributed by atoms with van der Waals surface area (Å²) in [6.45, 7) is 1.90. The summed E-state index contributed by atoms with van der Waals surface area (Å²) in [5, 5.41) is 9.08. The lowest BCUT2D eigenvalue weighted by molar-refractivity contribution is 0.0697. The zero-order valence-corrected chi connectivity index (χ0v) is 11.6. The molecule has 0 bridgehead atoms. The van der Waals surface area contributed by atoms with Gasteiger partial charge in [0.25, 0.3) is 0 Å². The number of benzene rings is 1. The van der Waals surface area contributed by atoms with Crippen LogP contribution in [0.4, 0.5) is 0 Å². The maximum absolute atomic E-state index is 11.3. The molecule has 0 spiro atoms. The number of nitrogens with two attached hydrogens (primary N) is 1. The van der Waals surface area contributed by atoms with Gasteiger partial charge in [-0.25, -0.2) is 4.79 Å². The van der Waals surface area contributed by atoms with E-state index in [2.05, 4.69) is 0 Å². The van der Waals surface area contributed by atoms with Crippen LogP contribution >= 0.6 is 11.3 Å². The number of carboxylic acid groups (broad SMARTS) is 1. The molecule has 0 aliphatic heterocycles. The van der Waals surface area contributed by atoms with Crippen LogP contribution in [0, 0.1) is 6.92 Å². The minimum atomic E-state index is -1.03. The van der Waals surface area contributed by atoms with Gasteiger partial charge < -0.3 is 15.6 Å². The number of primary amides is 1. The molecule has 0 fully saturated rings. The molecule has 6 heteroatoms. The Labute approximate surface area is 119 Å². The molecule has 1 heterocycles. The van der Waals surface area contributed by atoms with Gasteiger partial charge in [0.05, 0.1) is 0 Å². The van der Waals surface area contributed by atoms with Crippen LogP contribution in [0.2, 0.25) is 0 Å². The number of carbonyl (C=O) groups excluding carboxylic acids is 1. The van der Waals surface area contributed by atoms with Gasteiger partial charge in [0.1, 0.15) is 12.4 Å². The van der Waals surface area contributed by atoms with Crippen LogP contribution in [-0.2, 0) is 6.61 Å². The van der Waals surface area contributed by atoms with E-state index in [1.54, 1.807) is 37.3 Å². The van der Waals surface area contributed by atoms with E-state index in [1.807, 2.05) is 0 Å². The molecule has 2 aromatic rings. The molecule has 0 saturated heterocycles. The predicted molar refractivity (Wildman–Crippen MR) is 75.3 cm³/mol. The summed E-state index contributed by atoms with van der Waals surface area (Å²) in [6.07, 6.45) is 0. The first-order chi connectivity index (χ1) is 9.49. The first kappa shape index (κ1) is 14.1. The Hall–Kier alpha value is -2.34. The summed E-state index contributed by atoms with van der Waals surface area (Å²) in [7, 11) is 0. The summed E-state index contributed by atoms with van der Waals surface area (Å²) < 4.78 is 5.52. The minimum absolute atomic E-state index is 0.0928. The van der Waals surface area contributed by atoms with E-state index in [4.69, 9.17) is 15.6 Å². The third kappa shape index (κ3) is 2.97. The maximum atomic E-state index is 11.3. The van der Waals surface area contributed by atoms with E-state index in [-0.39, 0.29) is 11.5 Å². The van der Waals surface area contributed by atoms with Crippen molar-refractivity contribution in [1.29, 1.82) is 0 Å². The summed E-state index contributed by atoms with van der Waals surface area (Å²) in [4.78, 5) is 23.4. The van der Waals surface area contributed by atoms with Crippen LogP contribution < -0.4 is 10.5 Å². The number of aromatic carboxylic acids is 1. The molecule has 1 aromatic heterocycles. The molecule has 0 aliphatic rings. The number of ether oxygens (including phenoxy) is 1. The van der Waals surface area contributed by atoms with E-state index in [0.29, 0.717) is 16.9 Å². The molecule has 0 radical (unpaired) electrons. The summed E-state index contributed by atoms with van der Waals surface area (Å²) >= 11 is 1.15. The average molecular weight is 291 g/mol. The third-order valence-corrected chi connectivity index (χ3v) is 3.70. The van der Waals surface area contributed by atoms with Crippen molar-refractivity contribution in [3.63, 3.8) is 0 Å². The monoisotopic (exact) mass is 291 g/mol. The van der Waals surface area contributed by atoms with Crippen molar-refractivity contribution in [1.82, 2.24) is 0 Å². The van der Waals surface area contributed by atoms with Crippen LogP contribution in [0.25, 0.3) is 0 Å². The van der Waals surface area contributed by atoms with Crippen molar-refractivity contribution < 1.29 is 19.4 Å². The van der Waals surface area contributed by atoms with Crippen LogP contribution in [0.1, 0.15) is 30.5 Å². The lowest BCUT2D eigenvalue weighted by Gasteiger charge is -2.08. The van der Waals surface area contributed by atoms with Gasteiger partial charge in [-0.2, -0.15) is 0 Å². The molecule has 1 aromatic carbocycles. The van der Waals surface area contributed by atoms with E-state index >= 15 is 0 Å². The van der Waals surface area contributed by atoms with Crippen LogP contribution in [0.3, 0.4) is 0 Å². The smallest absolute Gasteiger partial charge is 0.349 e. The van der Waals surface area contributed by atoms with Crippen LogP contribution in [0.5, 0.6) is 5.75 Å². The van der Waals surface area contributed by atoms with Gasteiger partial charge in [0.15, 0.2) is 4.88 Å². The predicted octanol–water partition coefficient (Wildman–Crippen LogP) is 2.43. The van der Waals surface area contributed by atoms with Crippen molar-refractivity contribution in [3.05, 3.63) is 51.2 Å². The summed E-state index contributed by atoms with van der Waals surface area (Å²) in [5.74, 6) is -1.26. The molecule has 2 rings (SSSR count). The van der Waals surface area contributed by atoms with Gasteiger partial charge in [-0.15, -0.1) is 11.3 Å². The highest BCUT2D eigenvalue weighted by molar-refractivity contribution is 7.14. The van der Waals surface area contributed by atoms with Crippen molar-refractivity contribution in [3.8, 4) is 5.75 Å². The number of carboxylic acids is 1. The van der Waals surface area contributed by atoms with Gasteiger partial charge in [-0.1, -0.05) is 18.2 Å². The number of rotatable bonds is 5. The molecular formula is C14H13NO4S. The van der Waals surface area contributed by atoms with E-state index in [0.717, 1.165) is 16.2 Å². The zero-order valence-electron chi connectivity index (χ0n) is 10.8. The Morgan fingerprint density at radius 1 is 1.35 bits per heavy atom. The summed E-state index contributed by atoms with van der Waals surface area (Å²) in [5.41, 5.74) is 6.28. The Morgan fingerprint density at radius 2 is 2.05 bits per heavy atom. The highest BCUT2D eigenvalue weighted by Gasteiger charge is 2.16. The maximum Gasteiger partial charge on any atom is 0.349 e. The first-order valence-corrected chi connectivity index (χ1v) is 6.65. The van der Waals surface area contributed by atoms with Crippen molar-refractivity contribution in [2.24, 2.45) is 5.73 Å². The number of aryl methyl sites for hydroxylation is 1. The third-order valence-electron chi connectivity index (χ3n) is 2.68. The fourth-order valence-electron chi connectivity index (χ4n) is 1.79. The molecule has 20 heavy (non-hydrogen) atoms. The fourth-order valence-corrected chi connectivity index (χ4v) is 2.58. The molecule has 0 aliphatic carbocycles. The SMILES string of the molecule is Cc1cc(OCc2ccccc2C(N)=O)c(C(=O)O)s1. The Kier molecular flexibility index (Phi) is 4.05. The lowest BCUT2D eigenvalue weighted by Crippen LogP contribution is -2.14. The van der Waals surface area contributed by atoms with Gasteiger partial charge in [0, 0.05) is 16.0 Å². The fraction of sp³-hybridized carbons (Fsp3) is 0.143. The molecule has 3 N–H and O–H groups in total. The standard InChI is InChI=1S/C14H13NO4S/c1-8-6-11(12(20-8)14(17)18)19-7-9-4-2-3-5-10(9)13(15)16/h2-6H,7H2,1H3,(H2,15,16)(H,17,18). The number of hydrogen-bond donors (Lipinski definition) is 2. The topological polar surface area (TPSA) is 89.6 Å². The number of amides is 1. The molecular weight excluding hydrogens is 278 g/mol. The van der Waals surface area contributed by atoms with Crippen molar-refractivity contribution in [2.45, 2.75) is 13.5 Å². The van der Waals surface area contributed by atoms with Crippen molar-refractivity contribution >= 4 is 23.2 Å². The molecule has 5 nitrogen and oxygen atoms in total. The highest BCUT2D eigenvalue weighted by atomic mass is 32.1. The Morgan fingerprint density at radius 3 is 2.70 bits per heavy atom. The Balaban J connectivity index is 2.21. The van der Waals surface area contributed by atoms with Crippen molar-refractivity contribution in [2.75, 3.05) is 0 Å². The lowest BCUT2D eigenvalue weighted by atomic mass is 10.1. The van der Waals surface area contributed by atoms with Gasteiger partial charge in [-0.3, -0.25) is 4.79 Å². The normalized spacial score (nSPS) is 10.2. The van der Waals surface area contributed by atoms with E-state index in [9.17, 15) is 9.59 Å². The molecule has 1 amide bonds. The Bertz CT molecular complexity index is 663. The second-order valence-corrected chi connectivity index (χ2v) is 5.42. The second-order valence-electron chi connectivity index (χ2n) is 4.17. The number of thiophene rings is 1.